The summed E-state index contributed by atoms with van der Waals surface area (Å²) in [5, 5.41) is 0.700. The molecule has 0 bridgehead atoms. The van der Waals surface area contributed by atoms with Gasteiger partial charge in [-0.3, -0.25) is 19.4 Å². The number of halogens is 3. The Kier molecular flexibility index (Phi) is 7.28. The van der Waals surface area contributed by atoms with Gasteiger partial charge >= 0.3 is 0 Å². The zero-order chi connectivity index (χ0) is 27.7. The Balaban J connectivity index is 1.23. The molecule has 1 aromatic heterocycles. The van der Waals surface area contributed by atoms with E-state index in [9.17, 15) is 26.4 Å². The van der Waals surface area contributed by atoms with Gasteiger partial charge in [0.2, 0.25) is 0 Å². The van der Waals surface area contributed by atoms with Crippen molar-refractivity contribution >= 4 is 32.5 Å². The van der Waals surface area contributed by atoms with E-state index in [0.29, 0.717) is 54.4 Å². The maximum atomic E-state index is 14.2. The first-order chi connectivity index (χ1) is 18.6. The van der Waals surface area contributed by atoms with E-state index in [1.165, 1.54) is 24.4 Å². The van der Waals surface area contributed by atoms with Crippen molar-refractivity contribution in [3.05, 3.63) is 102 Å². The lowest BCUT2D eigenvalue weighted by atomic mass is 10.0. The standard InChI is InChI=1S/C28H25F3N4O3S/c1-18(22-16-24(30)25(31)17-23(22)29)34-12-14-35(15-13-34)28(36)20-7-9-21(10-8-20)33-39(37,38)26-6-2-4-19-5-3-11-32-27(19)26/h2-11,16-18,33H,12-15H2,1H3. The molecule has 1 saturated heterocycles. The Morgan fingerprint density at radius 2 is 1.56 bits per heavy atom. The lowest BCUT2D eigenvalue weighted by Gasteiger charge is -2.38. The van der Waals surface area contributed by atoms with Crippen molar-refractivity contribution < 1.29 is 26.4 Å². The molecule has 7 nitrogen and oxygen atoms in total. The predicted molar refractivity (Wildman–Crippen MR) is 141 cm³/mol. The third-order valence-corrected chi connectivity index (χ3v) is 8.32. The summed E-state index contributed by atoms with van der Waals surface area (Å²) in [4.78, 5) is 20.9. The van der Waals surface area contributed by atoms with Crippen LogP contribution < -0.4 is 4.72 Å². The number of hydrogen-bond donors (Lipinski definition) is 1. The van der Waals surface area contributed by atoms with Crippen molar-refractivity contribution in [3.8, 4) is 0 Å². The number of piperazine rings is 1. The van der Waals surface area contributed by atoms with Crippen LogP contribution in [0.3, 0.4) is 0 Å². The highest BCUT2D eigenvalue weighted by molar-refractivity contribution is 7.93. The zero-order valence-electron chi connectivity index (χ0n) is 20.9. The molecular formula is C28H25F3N4O3S. The topological polar surface area (TPSA) is 82.6 Å². The number of amides is 1. The first-order valence-electron chi connectivity index (χ1n) is 12.3. The van der Waals surface area contributed by atoms with Gasteiger partial charge in [0.15, 0.2) is 11.6 Å². The van der Waals surface area contributed by atoms with E-state index in [-0.39, 0.29) is 16.4 Å². The molecule has 1 unspecified atom stereocenters. The van der Waals surface area contributed by atoms with Gasteiger partial charge in [0.05, 0.1) is 5.52 Å². The summed E-state index contributed by atoms with van der Waals surface area (Å²) < 4.78 is 69.8. The molecule has 11 heteroatoms. The van der Waals surface area contributed by atoms with Crippen LogP contribution in [0.5, 0.6) is 0 Å². The number of aromatic nitrogens is 1. The third kappa shape index (κ3) is 5.45. The van der Waals surface area contributed by atoms with Gasteiger partial charge in [-0.15, -0.1) is 0 Å². The summed E-state index contributed by atoms with van der Waals surface area (Å²) in [5.74, 6) is -3.38. The number of fused-ring (bicyclic) bond motifs is 1. The molecule has 3 aromatic carbocycles. The first-order valence-corrected chi connectivity index (χ1v) is 13.8. The molecule has 1 aliphatic rings. The van der Waals surface area contributed by atoms with Crippen LogP contribution in [0, 0.1) is 17.5 Å². The van der Waals surface area contributed by atoms with E-state index in [4.69, 9.17) is 0 Å². The molecule has 1 atom stereocenters. The minimum absolute atomic E-state index is 0.0520. The maximum Gasteiger partial charge on any atom is 0.264 e. The SMILES string of the molecule is CC(c1cc(F)c(F)cc1F)N1CCN(C(=O)c2ccc(NS(=O)(=O)c3cccc4cccnc34)cc2)CC1. The molecule has 5 rings (SSSR count). The second-order valence-corrected chi connectivity index (χ2v) is 11.0. The first kappa shape index (κ1) is 26.6. The lowest BCUT2D eigenvalue weighted by Crippen LogP contribution is -2.49. The fourth-order valence-corrected chi connectivity index (χ4v) is 5.97. The predicted octanol–water partition coefficient (Wildman–Crippen LogP) is 4.97. The molecule has 4 aromatic rings. The van der Waals surface area contributed by atoms with E-state index in [2.05, 4.69) is 9.71 Å². The van der Waals surface area contributed by atoms with Crippen LogP contribution in [0.1, 0.15) is 28.9 Å². The quantitative estimate of drug-likeness (QED) is 0.341. The third-order valence-electron chi connectivity index (χ3n) is 6.91. The van der Waals surface area contributed by atoms with Gasteiger partial charge in [-0.05, 0) is 49.4 Å². The Hall–Kier alpha value is -3.96. The van der Waals surface area contributed by atoms with Gasteiger partial charge in [-0.25, -0.2) is 21.6 Å². The maximum absolute atomic E-state index is 14.2. The van der Waals surface area contributed by atoms with Crippen molar-refractivity contribution in [2.24, 2.45) is 0 Å². The zero-order valence-corrected chi connectivity index (χ0v) is 21.8. The van der Waals surface area contributed by atoms with Gasteiger partial charge in [-0.2, -0.15) is 0 Å². The summed E-state index contributed by atoms with van der Waals surface area (Å²) in [6, 6.07) is 15.5. The largest absolute Gasteiger partial charge is 0.336 e. The second kappa shape index (κ2) is 10.7. The number of para-hydroxylation sites is 1. The van der Waals surface area contributed by atoms with Gasteiger partial charge in [0, 0.05) is 66.7 Å². The Bertz CT molecular complexity index is 1630. The number of hydrogen-bond acceptors (Lipinski definition) is 5. The summed E-state index contributed by atoms with van der Waals surface area (Å²) in [5.41, 5.74) is 1.11. The van der Waals surface area contributed by atoms with Crippen LogP contribution in [-0.4, -0.2) is 55.3 Å². The van der Waals surface area contributed by atoms with E-state index < -0.39 is 33.5 Å². The molecule has 39 heavy (non-hydrogen) atoms. The molecule has 0 aliphatic carbocycles. The number of carbonyl (C=O) groups is 1. The number of benzene rings is 3. The van der Waals surface area contributed by atoms with Gasteiger partial charge in [0.1, 0.15) is 10.7 Å². The van der Waals surface area contributed by atoms with Gasteiger partial charge in [0.25, 0.3) is 15.9 Å². The summed E-state index contributed by atoms with van der Waals surface area (Å²) in [7, 11) is -3.92. The van der Waals surface area contributed by atoms with Crippen LogP contribution in [0.2, 0.25) is 0 Å². The van der Waals surface area contributed by atoms with Crippen LogP contribution in [0.25, 0.3) is 10.9 Å². The normalized spacial score (nSPS) is 15.3. The summed E-state index contributed by atoms with van der Waals surface area (Å²) >= 11 is 0. The van der Waals surface area contributed by atoms with E-state index in [0.717, 1.165) is 6.07 Å². The molecule has 1 N–H and O–H groups in total. The van der Waals surface area contributed by atoms with Crippen LogP contribution in [0.15, 0.2) is 77.8 Å². The molecule has 0 spiro atoms. The number of anilines is 1. The Morgan fingerprint density at radius 1 is 0.897 bits per heavy atom. The number of carbonyl (C=O) groups excluding carboxylic acids is 1. The van der Waals surface area contributed by atoms with Gasteiger partial charge < -0.3 is 4.90 Å². The van der Waals surface area contributed by atoms with E-state index in [1.807, 2.05) is 4.90 Å². The average Bonchev–Trinajstić information content (AvgIpc) is 2.94. The fourth-order valence-electron chi connectivity index (χ4n) is 4.73. The number of rotatable bonds is 6. The fraction of sp³-hybridized carbons (Fsp3) is 0.214. The molecule has 0 saturated carbocycles. The van der Waals surface area contributed by atoms with Crippen molar-refractivity contribution in [1.29, 1.82) is 0 Å². The highest BCUT2D eigenvalue weighted by Crippen LogP contribution is 2.27. The molecular weight excluding hydrogens is 529 g/mol. The highest BCUT2D eigenvalue weighted by atomic mass is 32.2. The highest BCUT2D eigenvalue weighted by Gasteiger charge is 2.27. The van der Waals surface area contributed by atoms with Crippen molar-refractivity contribution in [3.63, 3.8) is 0 Å². The number of nitrogens with zero attached hydrogens (tertiary/aromatic N) is 3. The molecule has 202 valence electrons. The summed E-state index contributed by atoms with van der Waals surface area (Å²) in [6.45, 7) is 3.26. The lowest BCUT2D eigenvalue weighted by molar-refractivity contribution is 0.0578. The second-order valence-electron chi connectivity index (χ2n) is 9.31. The van der Waals surface area contributed by atoms with Crippen LogP contribution >= 0.6 is 0 Å². The van der Waals surface area contributed by atoms with Crippen molar-refractivity contribution in [1.82, 2.24) is 14.8 Å². The van der Waals surface area contributed by atoms with Crippen molar-refractivity contribution in [2.45, 2.75) is 17.9 Å². The van der Waals surface area contributed by atoms with E-state index in [1.54, 1.807) is 48.2 Å². The van der Waals surface area contributed by atoms with Crippen molar-refractivity contribution in [2.75, 3.05) is 30.9 Å². The number of nitrogens with one attached hydrogen (secondary N) is 1. The summed E-state index contributed by atoms with van der Waals surface area (Å²) in [6.07, 6.45) is 1.53. The average molecular weight is 555 g/mol. The molecule has 1 amide bonds. The number of sulfonamides is 1. The Morgan fingerprint density at radius 3 is 2.28 bits per heavy atom. The molecule has 0 radical (unpaired) electrons. The smallest absolute Gasteiger partial charge is 0.264 e. The van der Waals surface area contributed by atoms with Crippen LogP contribution in [0.4, 0.5) is 18.9 Å². The Labute approximate surface area is 223 Å². The molecule has 1 fully saturated rings. The molecule has 2 heterocycles. The monoisotopic (exact) mass is 554 g/mol. The van der Waals surface area contributed by atoms with Crippen LogP contribution in [-0.2, 0) is 10.0 Å². The minimum atomic E-state index is -3.92. The minimum Gasteiger partial charge on any atom is -0.336 e. The number of pyridine rings is 1. The van der Waals surface area contributed by atoms with E-state index >= 15 is 0 Å². The molecule has 1 aliphatic heterocycles. The van der Waals surface area contributed by atoms with Gasteiger partial charge in [-0.1, -0.05) is 18.2 Å².